The van der Waals surface area contributed by atoms with Crippen LogP contribution in [0.25, 0.3) is 5.57 Å². The normalized spacial score (nSPS) is 13.9. The summed E-state index contributed by atoms with van der Waals surface area (Å²) < 4.78 is 0. The van der Waals surface area contributed by atoms with Gasteiger partial charge in [-0.05, 0) is 67.3 Å². The first kappa shape index (κ1) is 19.9. The maximum absolute atomic E-state index is 13.5. The Hall–Kier alpha value is -3.37. The summed E-state index contributed by atoms with van der Waals surface area (Å²) in [5.41, 5.74) is 5.47. The molecule has 0 aromatic heterocycles. The van der Waals surface area contributed by atoms with Gasteiger partial charge in [0.1, 0.15) is 5.70 Å². The molecule has 3 aromatic rings. The molecule has 1 N–H and O–H groups in total. The summed E-state index contributed by atoms with van der Waals surface area (Å²) in [4.78, 5) is 28.1. The Morgan fingerprint density at radius 1 is 0.800 bits per heavy atom. The van der Waals surface area contributed by atoms with Crippen LogP contribution in [0, 0.1) is 20.8 Å². The summed E-state index contributed by atoms with van der Waals surface area (Å²) in [5.74, 6) is -0.773. The molecule has 4 rings (SSSR count). The predicted octanol–water partition coefficient (Wildman–Crippen LogP) is 5.66. The number of imide groups is 1. The fraction of sp³-hybridized carbons (Fsp3) is 0.120. The number of carbonyl (C=O) groups is 2. The molecule has 150 valence electrons. The first-order valence-corrected chi connectivity index (χ1v) is 10.0. The Kier molecular flexibility index (Phi) is 5.18. The highest BCUT2D eigenvalue weighted by Crippen LogP contribution is 2.36. The van der Waals surface area contributed by atoms with Crippen LogP contribution in [0.2, 0.25) is 5.02 Å². The van der Waals surface area contributed by atoms with E-state index in [4.69, 9.17) is 11.6 Å². The van der Waals surface area contributed by atoms with Gasteiger partial charge in [-0.2, -0.15) is 0 Å². The zero-order valence-corrected chi connectivity index (χ0v) is 17.7. The van der Waals surface area contributed by atoms with Crippen molar-refractivity contribution < 1.29 is 9.59 Å². The van der Waals surface area contributed by atoms with Crippen LogP contribution in [0.4, 0.5) is 11.4 Å². The lowest BCUT2D eigenvalue weighted by Gasteiger charge is -2.18. The zero-order chi connectivity index (χ0) is 21.4. The van der Waals surface area contributed by atoms with Crippen LogP contribution in [0.3, 0.4) is 0 Å². The van der Waals surface area contributed by atoms with Gasteiger partial charge in [0.15, 0.2) is 0 Å². The van der Waals surface area contributed by atoms with Gasteiger partial charge >= 0.3 is 0 Å². The lowest BCUT2D eigenvalue weighted by Crippen LogP contribution is -2.33. The van der Waals surface area contributed by atoms with Crippen molar-refractivity contribution in [2.75, 3.05) is 10.2 Å². The van der Waals surface area contributed by atoms with Gasteiger partial charge in [0.2, 0.25) is 0 Å². The van der Waals surface area contributed by atoms with Crippen LogP contribution >= 0.6 is 11.6 Å². The third-order valence-corrected chi connectivity index (χ3v) is 5.81. The van der Waals surface area contributed by atoms with Gasteiger partial charge in [-0.25, -0.2) is 4.90 Å². The highest BCUT2D eigenvalue weighted by Gasteiger charge is 2.41. The average Bonchev–Trinajstić information content (AvgIpc) is 2.97. The minimum Gasteiger partial charge on any atom is -0.350 e. The van der Waals surface area contributed by atoms with E-state index in [0.717, 1.165) is 16.8 Å². The number of nitrogens with one attached hydrogen (secondary N) is 1. The zero-order valence-electron chi connectivity index (χ0n) is 17.0. The Morgan fingerprint density at radius 2 is 1.53 bits per heavy atom. The van der Waals surface area contributed by atoms with Gasteiger partial charge in [0.25, 0.3) is 11.8 Å². The number of carbonyl (C=O) groups excluding carboxylic acids is 2. The standard InChI is InChI=1S/C25H21ClN2O2/c1-15-12-13-19(14-16(15)2)27-23-22(18-8-5-4-6-9-18)24(29)28(25(23)30)21-11-7-10-20(26)17(21)3/h4-14,27H,1-3H3. The number of aryl methyl sites for hydroxylation is 2. The largest absolute Gasteiger partial charge is 0.350 e. The van der Waals surface area contributed by atoms with Crippen LogP contribution in [0.1, 0.15) is 22.3 Å². The lowest BCUT2D eigenvalue weighted by molar-refractivity contribution is -0.120. The van der Waals surface area contributed by atoms with Crippen molar-refractivity contribution in [3.8, 4) is 0 Å². The van der Waals surface area contributed by atoms with E-state index >= 15 is 0 Å². The molecule has 3 aromatic carbocycles. The average molecular weight is 417 g/mol. The monoisotopic (exact) mass is 416 g/mol. The maximum Gasteiger partial charge on any atom is 0.282 e. The smallest absolute Gasteiger partial charge is 0.282 e. The molecular weight excluding hydrogens is 396 g/mol. The number of hydrogen-bond donors (Lipinski definition) is 1. The van der Waals surface area contributed by atoms with Gasteiger partial charge in [-0.1, -0.05) is 54.1 Å². The van der Waals surface area contributed by atoms with E-state index in [0.29, 0.717) is 27.4 Å². The second kappa shape index (κ2) is 7.81. The Balaban J connectivity index is 1.85. The molecule has 1 aliphatic heterocycles. The van der Waals surface area contributed by atoms with E-state index in [-0.39, 0.29) is 11.6 Å². The number of hydrogen-bond acceptors (Lipinski definition) is 3. The van der Waals surface area contributed by atoms with Crippen molar-refractivity contribution in [1.82, 2.24) is 0 Å². The van der Waals surface area contributed by atoms with Crippen molar-refractivity contribution in [3.63, 3.8) is 0 Å². The van der Waals surface area contributed by atoms with Crippen molar-refractivity contribution in [1.29, 1.82) is 0 Å². The molecule has 2 amide bonds. The summed E-state index contributed by atoms with van der Waals surface area (Å²) in [7, 11) is 0. The molecule has 5 heteroatoms. The second-order valence-electron chi connectivity index (χ2n) is 7.37. The Labute approximate surface area is 180 Å². The van der Waals surface area contributed by atoms with Crippen molar-refractivity contribution in [2.24, 2.45) is 0 Å². The van der Waals surface area contributed by atoms with E-state index in [2.05, 4.69) is 5.32 Å². The molecule has 1 heterocycles. The predicted molar refractivity (Wildman–Crippen MR) is 122 cm³/mol. The SMILES string of the molecule is Cc1ccc(NC2=C(c3ccccc3)C(=O)N(c3cccc(Cl)c3C)C2=O)cc1C. The first-order valence-electron chi connectivity index (χ1n) is 9.66. The molecule has 0 fully saturated rings. The van der Waals surface area contributed by atoms with Crippen molar-refractivity contribution in [3.05, 3.63) is 99.7 Å². The highest BCUT2D eigenvalue weighted by atomic mass is 35.5. The Morgan fingerprint density at radius 3 is 2.23 bits per heavy atom. The minimum absolute atomic E-state index is 0.258. The topological polar surface area (TPSA) is 49.4 Å². The molecule has 30 heavy (non-hydrogen) atoms. The van der Waals surface area contributed by atoms with Gasteiger partial charge in [-0.3, -0.25) is 9.59 Å². The summed E-state index contributed by atoms with van der Waals surface area (Å²) in [5, 5.41) is 3.71. The molecule has 0 unspecified atom stereocenters. The third-order valence-electron chi connectivity index (χ3n) is 5.40. The summed E-state index contributed by atoms with van der Waals surface area (Å²) in [6.07, 6.45) is 0. The highest BCUT2D eigenvalue weighted by molar-refractivity contribution is 6.46. The molecule has 0 saturated carbocycles. The molecule has 0 aliphatic carbocycles. The fourth-order valence-electron chi connectivity index (χ4n) is 3.54. The molecule has 0 spiro atoms. The summed E-state index contributed by atoms with van der Waals surface area (Å²) in [6.45, 7) is 5.84. The van der Waals surface area contributed by atoms with E-state index < -0.39 is 5.91 Å². The third kappa shape index (κ3) is 3.40. The minimum atomic E-state index is -0.401. The first-order chi connectivity index (χ1) is 14.4. The maximum atomic E-state index is 13.5. The van der Waals surface area contributed by atoms with Crippen LogP contribution in [-0.2, 0) is 9.59 Å². The Bertz CT molecular complexity index is 1200. The van der Waals surface area contributed by atoms with Gasteiger partial charge in [-0.15, -0.1) is 0 Å². The number of benzene rings is 3. The van der Waals surface area contributed by atoms with Gasteiger partial charge in [0, 0.05) is 10.7 Å². The summed E-state index contributed by atoms with van der Waals surface area (Å²) in [6, 6.07) is 20.3. The molecule has 0 bridgehead atoms. The fourth-order valence-corrected chi connectivity index (χ4v) is 3.71. The number of rotatable bonds is 4. The molecule has 1 aliphatic rings. The molecule has 0 atom stereocenters. The van der Waals surface area contributed by atoms with Gasteiger partial charge < -0.3 is 5.32 Å². The van der Waals surface area contributed by atoms with Gasteiger partial charge in [0.05, 0.1) is 11.3 Å². The van der Waals surface area contributed by atoms with E-state index in [9.17, 15) is 9.59 Å². The van der Waals surface area contributed by atoms with Crippen LogP contribution in [-0.4, -0.2) is 11.8 Å². The van der Waals surface area contributed by atoms with E-state index in [1.54, 1.807) is 25.1 Å². The van der Waals surface area contributed by atoms with Crippen LogP contribution in [0.15, 0.2) is 72.4 Å². The number of anilines is 2. The number of halogens is 1. The second-order valence-corrected chi connectivity index (χ2v) is 7.78. The van der Waals surface area contributed by atoms with Crippen LogP contribution in [0.5, 0.6) is 0 Å². The van der Waals surface area contributed by atoms with E-state index in [1.165, 1.54) is 4.90 Å². The molecular formula is C25H21ClN2O2. The van der Waals surface area contributed by atoms with Crippen LogP contribution < -0.4 is 10.2 Å². The van der Waals surface area contributed by atoms with Crippen molar-refractivity contribution >= 4 is 40.4 Å². The van der Waals surface area contributed by atoms with Crippen molar-refractivity contribution in [2.45, 2.75) is 20.8 Å². The number of nitrogens with zero attached hydrogens (tertiary/aromatic N) is 1. The lowest BCUT2D eigenvalue weighted by atomic mass is 10.0. The molecule has 4 nitrogen and oxygen atoms in total. The quantitative estimate of drug-likeness (QED) is 0.558. The summed E-state index contributed by atoms with van der Waals surface area (Å²) >= 11 is 6.26. The number of amides is 2. The van der Waals surface area contributed by atoms with E-state index in [1.807, 2.05) is 62.4 Å². The molecule has 0 saturated heterocycles. The molecule has 0 radical (unpaired) electrons.